The minimum absolute atomic E-state index is 0.0836. The first-order valence-electron chi connectivity index (χ1n) is 11.1. The molecule has 1 atom stereocenters. The van der Waals surface area contributed by atoms with Crippen molar-refractivity contribution in [1.29, 1.82) is 0 Å². The summed E-state index contributed by atoms with van der Waals surface area (Å²) < 4.78 is 20.2. The number of ether oxygens (including phenoxy) is 1. The number of rotatable bonds is 7. The van der Waals surface area contributed by atoms with Crippen LogP contribution in [0, 0.1) is 11.0 Å². The Labute approximate surface area is 197 Å². The van der Waals surface area contributed by atoms with Gasteiger partial charge < -0.3 is 19.7 Å². The Kier molecular flexibility index (Phi) is 7.49. The minimum Gasteiger partial charge on any atom is -0.619 e. The van der Waals surface area contributed by atoms with Gasteiger partial charge in [-0.05, 0) is 29.7 Å². The van der Waals surface area contributed by atoms with E-state index < -0.39 is 6.10 Å². The summed E-state index contributed by atoms with van der Waals surface area (Å²) in [5.74, 6) is -0.868. The van der Waals surface area contributed by atoms with Crippen molar-refractivity contribution >= 4 is 11.8 Å². The van der Waals surface area contributed by atoms with E-state index in [1.807, 2.05) is 30.3 Å². The number of pyridine rings is 1. The molecule has 4 rings (SSSR count). The fourth-order valence-corrected chi connectivity index (χ4v) is 3.94. The summed E-state index contributed by atoms with van der Waals surface area (Å²) in [6, 6.07) is 18.9. The monoisotopic (exact) mass is 463 g/mol. The number of amides is 2. The lowest BCUT2D eigenvalue weighted by Crippen LogP contribution is -2.40. The molecule has 1 aromatic heterocycles. The lowest BCUT2D eigenvalue weighted by Gasteiger charge is -2.25. The molecule has 1 saturated heterocycles. The predicted molar refractivity (Wildman–Crippen MR) is 123 cm³/mol. The van der Waals surface area contributed by atoms with Crippen LogP contribution in [0.3, 0.4) is 0 Å². The fraction of sp³-hybridized carbons (Fsp3) is 0.269. The topological polar surface area (TPSA) is 76.8 Å². The number of hydrogen-bond acceptors (Lipinski definition) is 4. The molecule has 34 heavy (non-hydrogen) atoms. The van der Waals surface area contributed by atoms with Crippen molar-refractivity contribution in [2.75, 3.05) is 26.2 Å². The number of benzene rings is 2. The summed E-state index contributed by atoms with van der Waals surface area (Å²) in [4.78, 5) is 29.3. The smallest absolute Gasteiger partial charge is 0.254 e. The molecule has 2 aromatic carbocycles. The van der Waals surface area contributed by atoms with E-state index in [1.165, 1.54) is 41.6 Å². The standard InChI is InChI=1S/C26H26FN3O4/c27-23-8-4-7-21(15-23)19-34-24-16-28(12-9-20-5-2-1-3-6-20)25(31)18-29(17-24)26(32)22-10-13-30(33)14-11-22/h1-8,10-11,13-15,24H,9,12,16-19H2/t24-/m0/s1. The lowest BCUT2D eigenvalue weighted by atomic mass is 10.1. The lowest BCUT2D eigenvalue weighted by molar-refractivity contribution is -0.605. The molecule has 0 radical (unpaired) electrons. The van der Waals surface area contributed by atoms with Gasteiger partial charge in [-0.15, -0.1) is 0 Å². The first kappa shape index (κ1) is 23.4. The van der Waals surface area contributed by atoms with Crippen molar-refractivity contribution < 1.29 is 23.4 Å². The van der Waals surface area contributed by atoms with Crippen LogP contribution < -0.4 is 4.73 Å². The molecule has 1 aliphatic rings. The SMILES string of the molecule is O=C1CN(C(=O)c2cc[n+]([O-])cc2)C[C@@H](OCc2cccc(F)c2)CN1CCc1ccccc1. The summed E-state index contributed by atoms with van der Waals surface area (Å²) in [7, 11) is 0. The second-order valence-corrected chi connectivity index (χ2v) is 8.27. The first-order valence-corrected chi connectivity index (χ1v) is 11.1. The van der Waals surface area contributed by atoms with Crippen molar-refractivity contribution in [2.24, 2.45) is 0 Å². The summed E-state index contributed by atoms with van der Waals surface area (Å²) in [6.07, 6.45) is 2.72. The van der Waals surface area contributed by atoms with Crippen LogP contribution in [-0.2, 0) is 22.6 Å². The van der Waals surface area contributed by atoms with E-state index in [4.69, 9.17) is 4.74 Å². The second-order valence-electron chi connectivity index (χ2n) is 8.27. The number of halogens is 1. The van der Waals surface area contributed by atoms with Crippen molar-refractivity contribution in [2.45, 2.75) is 19.1 Å². The van der Waals surface area contributed by atoms with E-state index >= 15 is 0 Å². The van der Waals surface area contributed by atoms with Gasteiger partial charge in [-0.1, -0.05) is 42.5 Å². The second kappa shape index (κ2) is 10.9. The molecule has 0 unspecified atom stereocenters. The fourth-order valence-electron chi connectivity index (χ4n) is 3.94. The highest BCUT2D eigenvalue weighted by atomic mass is 19.1. The zero-order valence-corrected chi connectivity index (χ0v) is 18.7. The molecule has 0 N–H and O–H groups in total. The van der Waals surface area contributed by atoms with Crippen molar-refractivity contribution in [3.63, 3.8) is 0 Å². The van der Waals surface area contributed by atoms with E-state index in [0.29, 0.717) is 35.4 Å². The maximum Gasteiger partial charge on any atom is 0.254 e. The highest BCUT2D eigenvalue weighted by Gasteiger charge is 2.31. The molecule has 1 fully saturated rings. The Hall–Kier alpha value is -3.78. The maximum atomic E-state index is 13.6. The normalized spacial score (nSPS) is 16.4. The molecule has 176 valence electrons. The average molecular weight is 464 g/mol. The van der Waals surface area contributed by atoms with Gasteiger partial charge in [-0.3, -0.25) is 9.59 Å². The first-order chi connectivity index (χ1) is 16.5. The average Bonchev–Trinajstić information content (AvgIpc) is 3.00. The molecule has 1 aliphatic heterocycles. The molecule has 8 heteroatoms. The van der Waals surface area contributed by atoms with Crippen LogP contribution in [0.25, 0.3) is 0 Å². The van der Waals surface area contributed by atoms with Gasteiger partial charge in [0.2, 0.25) is 5.91 Å². The molecular formula is C26H26FN3O4. The van der Waals surface area contributed by atoms with Crippen LogP contribution in [0.1, 0.15) is 21.5 Å². The van der Waals surface area contributed by atoms with Gasteiger partial charge in [-0.25, -0.2) is 4.39 Å². The van der Waals surface area contributed by atoms with E-state index in [1.54, 1.807) is 17.0 Å². The third-order valence-electron chi connectivity index (χ3n) is 5.75. The van der Waals surface area contributed by atoms with Crippen molar-refractivity contribution in [3.05, 3.63) is 107 Å². The Morgan fingerprint density at radius 2 is 1.76 bits per heavy atom. The number of carbonyl (C=O) groups is 2. The van der Waals surface area contributed by atoms with Crippen LogP contribution in [0.2, 0.25) is 0 Å². The van der Waals surface area contributed by atoms with Gasteiger partial charge >= 0.3 is 0 Å². The molecule has 0 bridgehead atoms. The molecule has 0 spiro atoms. The number of nitrogens with zero attached hydrogens (tertiary/aromatic N) is 3. The summed E-state index contributed by atoms with van der Waals surface area (Å²) in [5, 5.41) is 11.3. The molecular weight excluding hydrogens is 437 g/mol. The summed E-state index contributed by atoms with van der Waals surface area (Å²) >= 11 is 0. The van der Waals surface area contributed by atoms with E-state index in [2.05, 4.69) is 0 Å². The van der Waals surface area contributed by atoms with Crippen LogP contribution in [0.15, 0.2) is 79.1 Å². The van der Waals surface area contributed by atoms with Gasteiger partial charge in [0.1, 0.15) is 12.4 Å². The molecule has 7 nitrogen and oxygen atoms in total. The van der Waals surface area contributed by atoms with Crippen LogP contribution in [-0.4, -0.2) is 53.9 Å². The molecule has 0 aliphatic carbocycles. The Morgan fingerprint density at radius 1 is 1.03 bits per heavy atom. The molecule has 0 saturated carbocycles. The minimum atomic E-state index is -0.456. The van der Waals surface area contributed by atoms with Crippen molar-refractivity contribution in [3.8, 4) is 0 Å². The highest BCUT2D eigenvalue weighted by molar-refractivity contribution is 5.96. The molecule has 2 amide bonds. The maximum absolute atomic E-state index is 13.6. The molecule has 3 aromatic rings. The van der Waals surface area contributed by atoms with Gasteiger partial charge in [-0.2, -0.15) is 4.73 Å². The molecule has 2 heterocycles. The zero-order chi connectivity index (χ0) is 23.9. The summed E-state index contributed by atoms with van der Waals surface area (Å²) in [6.45, 7) is 1.09. The van der Waals surface area contributed by atoms with Gasteiger partial charge in [0.05, 0.1) is 18.3 Å². The Morgan fingerprint density at radius 3 is 2.50 bits per heavy atom. The number of hydrogen-bond donors (Lipinski definition) is 0. The van der Waals surface area contributed by atoms with Crippen LogP contribution in [0.4, 0.5) is 4.39 Å². The van der Waals surface area contributed by atoms with E-state index in [9.17, 15) is 19.2 Å². The number of carbonyl (C=O) groups excluding carboxylic acids is 2. The third kappa shape index (κ3) is 6.17. The Bertz CT molecular complexity index is 1120. The van der Waals surface area contributed by atoms with Crippen molar-refractivity contribution in [1.82, 2.24) is 9.80 Å². The van der Waals surface area contributed by atoms with E-state index in [0.717, 1.165) is 5.56 Å². The summed E-state index contributed by atoms with van der Waals surface area (Å²) in [5.41, 5.74) is 2.11. The largest absolute Gasteiger partial charge is 0.619 e. The third-order valence-corrected chi connectivity index (χ3v) is 5.75. The Balaban J connectivity index is 1.50. The van der Waals surface area contributed by atoms with Crippen LogP contribution in [0.5, 0.6) is 0 Å². The van der Waals surface area contributed by atoms with Crippen LogP contribution >= 0.6 is 0 Å². The van der Waals surface area contributed by atoms with Gasteiger partial charge in [0.25, 0.3) is 5.91 Å². The van der Waals surface area contributed by atoms with E-state index in [-0.39, 0.29) is 37.3 Å². The van der Waals surface area contributed by atoms with Gasteiger partial charge in [0.15, 0.2) is 12.4 Å². The predicted octanol–water partition coefficient (Wildman–Crippen LogP) is 2.57. The quantitative estimate of drug-likeness (QED) is 0.399. The highest BCUT2D eigenvalue weighted by Crippen LogP contribution is 2.15. The zero-order valence-electron chi connectivity index (χ0n) is 18.7. The number of aromatic nitrogens is 1. The van der Waals surface area contributed by atoms with Gasteiger partial charge in [0, 0.05) is 31.8 Å².